The second kappa shape index (κ2) is 10.3. The molecule has 0 saturated heterocycles. The number of furan rings is 2. The van der Waals surface area contributed by atoms with E-state index in [1.165, 1.54) is 16.3 Å². The molecule has 0 amide bonds. The van der Waals surface area contributed by atoms with E-state index in [1.807, 2.05) is 6.07 Å². The second-order valence-electron chi connectivity index (χ2n) is 12.6. The Morgan fingerprint density at radius 3 is 1.92 bits per heavy atom. The Hall–Kier alpha value is -6.32. The van der Waals surface area contributed by atoms with Crippen molar-refractivity contribution in [2.45, 2.75) is 6.92 Å². The minimum Gasteiger partial charge on any atom is -0.455 e. The van der Waals surface area contributed by atoms with Crippen LogP contribution in [0.25, 0.3) is 76.5 Å². The van der Waals surface area contributed by atoms with Crippen LogP contribution < -0.4 is 4.90 Å². The Bertz CT molecular complexity index is 2860. The van der Waals surface area contributed by atoms with Crippen LogP contribution in [0.1, 0.15) is 5.56 Å². The lowest BCUT2D eigenvalue weighted by Gasteiger charge is -2.27. The maximum Gasteiger partial charge on any atom is 0.159 e. The van der Waals surface area contributed by atoms with E-state index in [0.717, 1.165) is 82.8 Å². The Labute approximate surface area is 276 Å². The highest BCUT2D eigenvalue weighted by molar-refractivity contribution is 6.22. The Morgan fingerprint density at radius 2 is 1.08 bits per heavy atom. The SMILES string of the molecule is Cc1cccc(N(c2cc3c4cc5ccccc5cc4oc3c3ccccc23)c2cccc3c2oc2c(-c4ccccc4)cccc23)c1. The van der Waals surface area contributed by atoms with Gasteiger partial charge in [-0.15, -0.1) is 0 Å². The van der Waals surface area contributed by atoms with Crippen molar-refractivity contribution in [3.63, 3.8) is 0 Å². The smallest absolute Gasteiger partial charge is 0.159 e. The van der Waals surface area contributed by atoms with Gasteiger partial charge in [0.2, 0.25) is 0 Å². The summed E-state index contributed by atoms with van der Waals surface area (Å²) >= 11 is 0. The average molecular weight is 616 g/mol. The van der Waals surface area contributed by atoms with Crippen molar-refractivity contribution in [1.29, 1.82) is 0 Å². The standard InChI is InChI=1S/C45H29NO2/c1-28-12-9-17-32(24-28)46(40-23-11-22-37-36-21-10-20-33(43(36)48-45(37)40)29-13-3-2-4-14-29)41-27-39-38-25-30-15-5-6-16-31(30)26-42(38)47-44(39)35-19-8-7-18-34(35)41/h2-27H,1H3. The van der Waals surface area contributed by atoms with Crippen molar-refractivity contribution in [2.75, 3.05) is 4.90 Å². The molecule has 0 radical (unpaired) electrons. The molecule has 10 aromatic rings. The largest absolute Gasteiger partial charge is 0.455 e. The molecule has 10 rings (SSSR count). The van der Waals surface area contributed by atoms with E-state index >= 15 is 0 Å². The van der Waals surface area contributed by atoms with Gasteiger partial charge in [-0.3, -0.25) is 0 Å². The maximum absolute atomic E-state index is 6.97. The highest BCUT2D eigenvalue weighted by Crippen LogP contribution is 2.48. The van der Waals surface area contributed by atoms with E-state index in [2.05, 4.69) is 163 Å². The molecule has 0 bridgehead atoms. The first-order valence-electron chi connectivity index (χ1n) is 16.3. The lowest BCUT2D eigenvalue weighted by molar-refractivity contribution is 0.670. The molecule has 0 saturated carbocycles. The fourth-order valence-electron chi connectivity index (χ4n) is 7.45. The van der Waals surface area contributed by atoms with Crippen LogP contribution in [0.15, 0.2) is 167 Å². The van der Waals surface area contributed by atoms with Crippen molar-refractivity contribution in [2.24, 2.45) is 0 Å². The number of para-hydroxylation sites is 2. The zero-order chi connectivity index (χ0) is 31.8. The number of nitrogens with zero attached hydrogens (tertiary/aromatic N) is 1. The molecule has 3 heteroatoms. The Kier molecular flexibility index (Phi) is 5.79. The third-order valence-corrected chi connectivity index (χ3v) is 9.65. The summed E-state index contributed by atoms with van der Waals surface area (Å²) in [6, 6.07) is 55.9. The number of aryl methyl sites for hydroxylation is 1. The fraction of sp³-hybridized carbons (Fsp3) is 0.0222. The van der Waals surface area contributed by atoms with Gasteiger partial charge in [0.15, 0.2) is 5.58 Å². The summed E-state index contributed by atoms with van der Waals surface area (Å²) in [5.74, 6) is 0. The summed E-state index contributed by atoms with van der Waals surface area (Å²) in [6.45, 7) is 2.14. The third kappa shape index (κ3) is 4.01. The van der Waals surface area contributed by atoms with Gasteiger partial charge < -0.3 is 13.7 Å². The van der Waals surface area contributed by atoms with Crippen molar-refractivity contribution in [3.05, 3.63) is 163 Å². The highest BCUT2D eigenvalue weighted by atomic mass is 16.3. The molecule has 0 N–H and O–H groups in total. The number of hydrogen-bond acceptors (Lipinski definition) is 3. The van der Waals surface area contributed by atoms with Crippen molar-refractivity contribution in [3.8, 4) is 11.1 Å². The fourth-order valence-corrected chi connectivity index (χ4v) is 7.45. The molecule has 2 heterocycles. The van der Waals surface area contributed by atoms with Crippen LogP contribution in [0.4, 0.5) is 17.1 Å². The molecule has 0 aliphatic heterocycles. The molecule has 48 heavy (non-hydrogen) atoms. The summed E-state index contributed by atoms with van der Waals surface area (Å²) in [5, 5.41) is 8.92. The normalized spacial score (nSPS) is 11.9. The number of benzene rings is 8. The number of rotatable bonds is 4. The van der Waals surface area contributed by atoms with Crippen LogP contribution >= 0.6 is 0 Å². The van der Waals surface area contributed by atoms with Crippen LogP contribution in [0, 0.1) is 6.92 Å². The number of anilines is 3. The molecule has 2 aromatic heterocycles. The van der Waals surface area contributed by atoms with Crippen LogP contribution in [0.3, 0.4) is 0 Å². The molecular formula is C45H29NO2. The van der Waals surface area contributed by atoms with Crippen LogP contribution in [0.5, 0.6) is 0 Å². The molecule has 0 spiro atoms. The molecule has 0 atom stereocenters. The van der Waals surface area contributed by atoms with Gasteiger partial charge >= 0.3 is 0 Å². The minimum absolute atomic E-state index is 0.851. The van der Waals surface area contributed by atoms with Gasteiger partial charge in [0, 0.05) is 43.6 Å². The van der Waals surface area contributed by atoms with Gasteiger partial charge in [0.25, 0.3) is 0 Å². The summed E-state index contributed by atoms with van der Waals surface area (Å²) in [4.78, 5) is 2.36. The van der Waals surface area contributed by atoms with Crippen LogP contribution in [0.2, 0.25) is 0 Å². The zero-order valence-corrected chi connectivity index (χ0v) is 26.3. The minimum atomic E-state index is 0.851. The van der Waals surface area contributed by atoms with Gasteiger partial charge in [-0.1, -0.05) is 121 Å². The monoisotopic (exact) mass is 615 g/mol. The van der Waals surface area contributed by atoms with E-state index < -0.39 is 0 Å². The second-order valence-corrected chi connectivity index (χ2v) is 12.6. The quantitative estimate of drug-likeness (QED) is 0.197. The molecule has 0 unspecified atom stereocenters. The van der Waals surface area contributed by atoms with Gasteiger partial charge in [0.1, 0.15) is 16.7 Å². The molecule has 226 valence electrons. The van der Waals surface area contributed by atoms with E-state index in [0.29, 0.717) is 0 Å². The van der Waals surface area contributed by atoms with E-state index in [1.54, 1.807) is 0 Å². The molecule has 0 aliphatic rings. The van der Waals surface area contributed by atoms with Crippen LogP contribution in [-0.2, 0) is 0 Å². The molecule has 0 aliphatic carbocycles. The first kappa shape index (κ1) is 26.9. The predicted octanol–water partition coefficient (Wildman–Crippen LogP) is 13.2. The number of hydrogen-bond donors (Lipinski definition) is 0. The van der Waals surface area contributed by atoms with E-state index in [9.17, 15) is 0 Å². The molecule has 3 nitrogen and oxygen atoms in total. The summed E-state index contributed by atoms with van der Waals surface area (Å²) in [6.07, 6.45) is 0. The lowest BCUT2D eigenvalue weighted by atomic mass is 10.00. The predicted molar refractivity (Wildman–Crippen MR) is 201 cm³/mol. The maximum atomic E-state index is 6.97. The third-order valence-electron chi connectivity index (χ3n) is 9.65. The van der Waals surface area contributed by atoms with E-state index in [-0.39, 0.29) is 0 Å². The molecular weight excluding hydrogens is 587 g/mol. The Morgan fingerprint density at radius 1 is 0.417 bits per heavy atom. The summed E-state index contributed by atoms with van der Waals surface area (Å²) < 4.78 is 13.6. The van der Waals surface area contributed by atoms with Gasteiger partial charge in [-0.05, 0) is 65.2 Å². The Balaban J connectivity index is 1.31. The summed E-state index contributed by atoms with van der Waals surface area (Å²) in [5.41, 5.74) is 10.1. The van der Waals surface area contributed by atoms with E-state index in [4.69, 9.17) is 8.83 Å². The summed E-state index contributed by atoms with van der Waals surface area (Å²) in [7, 11) is 0. The van der Waals surface area contributed by atoms with Crippen molar-refractivity contribution < 1.29 is 8.83 Å². The molecule has 0 fully saturated rings. The van der Waals surface area contributed by atoms with Crippen LogP contribution in [-0.4, -0.2) is 0 Å². The van der Waals surface area contributed by atoms with Crippen molar-refractivity contribution in [1.82, 2.24) is 0 Å². The van der Waals surface area contributed by atoms with Crippen molar-refractivity contribution >= 4 is 82.5 Å². The average Bonchev–Trinajstić information content (AvgIpc) is 3.70. The zero-order valence-electron chi connectivity index (χ0n) is 26.3. The first-order valence-corrected chi connectivity index (χ1v) is 16.3. The lowest BCUT2D eigenvalue weighted by Crippen LogP contribution is -2.11. The van der Waals surface area contributed by atoms with Gasteiger partial charge in [-0.2, -0.15) is 0 Å². The topological polar surface area (TPSA) is 29.5 Å². The molecule has 8 aromatic carbocycles. The van der Waals surface area contributed by atoms with Gasteiger partial charge in [-0.25, -0.2) is 0 Å². The first-order chi connectivity index (χ1) is 23.7. The number of fused-ring (bicyclic) bond motifs is 9. The van der Waals surface area contributed by atoms with Gasteiger partial charge in [0.05, 0.1) is 11.4 Å². The highest BCUT2D eigenvalue weighted by Gasteiger charge is 2.24.